The number of nitrogens with one attached hydrogen (secondary N) is 2. The summed E-state index contributed by atoms with van der Waals surface area (Å²) in [4.78, 5) is 28.8. The lowest BCUT2D eigenvalue weighted by molar-refractivity contribution is 0.0602. The molecule has 6 nitrogen and oxygen atoms in total. The normalized spacial score (nSPS) is 13.4. The van der Waals surface area contributed by atoms with E-state index in [0.717, 1.165) is 13.0 Å². The number of amides is 1. The first-order chi connectivity index (χ1) is 13.7. The number of methoxy groups -OCH3 is 1. The van der Waals surface area contributed by atoms with Gasteiger partial charge in [0.05, 0.1) is 18.4 Å². The van der Waals surface area contributed by atoms with Gasteiger partial charge in [-0.3, -0.25) is 4.79 Å². The molecule has 1 aromatic carbocycles. The Morgan fingerprint density at radius 1 is 1.18 bits per heavy atom. The van der Waals surface area contributed by atoms with Gasteiger partial charge in [0.15, 0.2) is 0 Å². The van der Waals surface area contributed by atoms with Crippen LogP contribution in [0.25, 0.3) is 0 Å². The number of carbonyl (C=O) groups is 2. The zero-order valence-corrected chi connectivity index (χ0v) is 16.0. The molecule has 2 aromatic rings. The van der Waals surface area contributed by atoms with Crippen molar-refractivity contribution in [1.82, 2.24) is 4.98 Å². The van der Waals surface area contributed by atoms with Gasteiger partial charge in [-0.2, -0.15) is 0 Å². The van der Waals surface area contributed by atoms with E-state index in [9.17, 15) is 9.59 Å². The van der Waals surface area contributed by atoms with E-state index in [2.05, 4.69) is 21.7 Å². The van der Waals surface area contributed by atoms with Gasteiger partial charge in [0.25, 0.3) is 5.91 Å². The number of rotatable bonds is 7. The van der Waals surface area contributed by atoms with Crippen LogP contribution in [-0.2, 0) is 4.74 Å². The molecule has 0 atom stereocenters. The van der Waals surface area contributed by atoms with E-state index < -0.39 is 5.97 Å². The largest absolute Gasteiger partial charge is 0.465 e. The number of esters is 1. The molecule has 0 fully saturated rings. The van der Waals surface area contributed by atoms with Crippen molar-refractivity contribution < 1.29 is 14.3 Å². The molecule has 1 aliphatic carbocycles. The molecular weight excluding hydrogens is 354 g/mol. The number of aromatic nitrogens is 1. The zero-order chi connectivity index (χ0) is 19.8. The van der Waals surface area contributed by atoms with Crippen LogP contribution in [0.4, 0.5) is 11.5 Å². The van der Waals surface area contributed by atoms with Crippen molar-refractivity contribution in [3.05, 3.63) is 65.4 Å². The summed E-state index contributed by atoms with van der Waals surface area (Å²) in [5.41, 5.74) is 2.68. The predicted molar refractivity (Wildman–Crippen MR) is 110 cm³/mol. The predicted octanol–water partition coefficient (Wildman–Crippen LogP) is 4.42. The first-order valence-corrected chi connectivity index (χ1v) is 9.54. The Morgan fingerprint density at radius 3 is 2.82 bits per heavy atom. The van der Waals surface area contributed by atoms with E-state index in [4.69, 9.17) is 4.74 Å². The Balaban J connectivity index is 1.62. The highest BCUT2D eigenvalue weighted by atomic mass is 16.5. The lowest BCUT2D eigenvalue weighted by Crippen LogP contribution is -2.16. The first-order valence-electron chi connectivity index (χ1n) is 9.54. The van der Waals surface area contributed by atoms with Crippen LogP contribution in [0.2, 0.25) is 0 Å². The number of carbonyl (C=O) groups excluding carboxylic acids is 2. The van der Waals surface area contributed by atoms with Crippen molar-refractivity contribution in [3.63, 3.8) is 0 Å². The summed E-state index contributed by atoms with van der Waals surface area (Å²) in [5, 5.41) is 6.06. The molecule has 0 bridgehead atoms. The van der Waals surface area contributed by atoms with Crippen molar-refractivity contribution in [2.24, 2.45) is 0 Å². The van der Waals surface area contributed by atoms with E-state index in [-0.39, 0.29) is 5.91 Å². The van der Waals surface area contributed by atoms with Crippen molar-refractivity contribution in [2.75, 3.05) is 24.3 Å². The smallest absolute Gasteiger partial charge is 0.339 e. The number of hydrogen-bond donors (Lipinski definition) is 2. The summed E-state index contributed by atoms with van der Waals surface area (Å²) < 4.78 is 4.76. The van der Waals surface area contributed by atoms with E-state index in [1.807, 2.05) is 0 Å². The van der Waals surface area contributed by atoms with E-state index in [1.165, 1.54) is 38.4 Å². The molecule has 3 rings (SSSR count). The minimum absolute atomic E-state index is 0.309. The Labute approximate surface area is 165 Å². The highest BCUT2D eigenvalue weighted by Gasteiger charge is 2.14. The number of pyridine rings is 1. The van der Waals surface area contributed by atoms with Crippen molar-refractivity contribution in [3.8, 4) is 0 Å². The third kappa shape index (κ3) is 5.19. The zero-order valence-electron chi connectivity index (χ0n) is 16.0. The van der Waals surface area contributed by atoms with Gasteiger partial charge in [-0.25, -0.2) is 9.78 Å². The van der Waals surface area contributed by atoms with Crippen molar-refractivity contribution in [1.29, 1.82) is 0 Å². The first kappa shape index (κ1) is 19.6. The molecule has 0 aliphatic heterocycles. The van der Waals surface area contributed by atoms with Gasteiger partial charge in [-0.15, -0.1) is 0 Å². The van der Waals surface area contributed by atoms with Crippen LogP contribution in [0.3, 0.4) is 0 Å². The second-order valence-electron chi connectivity index (χ2n) is 6.71. The van der Waals surface area contributed by atoms with Gasteiger partial charge < -0.3 is 15.4 Å². The topological polar surface area (TPSA) is 80.3 Å². The summed E-state index contributed by atoms with van der Waals surface area (Å²) in [6, 6.07) is 10.1. The summed E-state index contributed by atoms with van der Waals surface area (Å²) in [6.07, 6.45) is 9.84. The number of allylic oxidation sites excluding steroid dienone is 1. The van der Waals surface area contributed by atoms with Gasteiger partial charge in [0, 0.05) is 18.3 Å². The molecule has 0 unspecified atom stereocenters. The lowest BCUT2D eigenvalue weighted by atomic mass is 9.97. The maximum Gasteiger partial charge on any atom is 0.339 e. The van der Waals surface area contributed by atoms with Gasteiger partial charge in [-0.05, 0) is 56.4 Å². The van der Waals surface area contributed by atoms with Crippen LogP contribution in [0, 0.1) is 0 Å². The lowest BCUT2D eigenvalue weighted by Gasteiger charge is -2.13. The van der Waals surface area contributed by atoms with Crippen LogP contribution in [0.1, 0.15) is 52.8 Å². The standard InChI is InChI=1S/C22H25N3O3/c1-28-22(27)18-9-5-6-10-19(18)25-21(26)17-12-14-24-20(15-17)23-13-11-16-7-3-2-4-8-16/h5-7,9-10,12,14-15H,2-4,8,11,13H2,1H3,(H,23,24)(H,25,26). The quantitative estimate of drug-likeness (QED) is 0.550. The number of para-hydroxylation sites is 1. The second kappa shape index (κ2) is 9.69. The van der Waals surface area contributed by atoms with Crippen molar-refractivity contribution >= 4 is 23.4 Å². The maximum atomic E-state index is 12.6. The second-order valence-corrected chi connectivity index (χ2v) is 6.71. The molecule has 0 spiro atoms. The molecule has 1 aliphatic rings. The number of anilines is 2. The Morgan fingerprint density at radius 2 is 2.04 bits per heavy atom. The molecular formula is C22H25N3O3. The Bertz CT molecular complexity index is 877. The van der Waals surface area contributed by atoms with Crippen LogP contribution in [-0.4, -0.2) is 30.5 Å². The maximum absolute atomic E-state index is 12.6. The fraction of sp³-hybridized carbons (Fsp3) is 0.318. The molecule has 2 N–H and O–H groups in total. The number of ether oxygens (including phenoxy) is 1. The molecule has 146 valence electrons. The van der Waals surface area contributed by atoms with Crippen LogP contribution in [0.5, 0.6) is 0 Å². The molecule has 1 heterocycles. The van der Waals surface area contributed by atoms with Crippen molar-refractivity contribution in [2.45, 2.75) is 32.1 Å². The average Bonchev–Trinajstić information content (AvgIpc) is 2.74. The number of hydrogen-bond acceptors (Lipinski definition) is 5. The minimum Gasteiger partial charge on any atom is -0.465 e. The third-order valence-corrected chi connectivity index (χ3v) is 4.74. The van der Waals surface area contributed by atoms with Gasteiger partial charge in [0.2, 0.25) is 0 Å². The highest BCUT2D eigenvalue weighted by molar-refractivity contribution is 6.08. The Kier molecular flexibility index (Phi) is 6.78. The fourth-order valence-electron chi connectivity index (χ4n) is 3.23. The van der Waals surface area contributed by atoms with Gasteiger partial charge in [-0.1, -0.05) is 23.8 Å². The SMILES string of the molecule is COC(=O)c1ccccc1NC(=O)c1ccnc(NCCC2=CCCCC2)c1. The fourth-order valence-corrected chi connectivity index (χ4v) is 3.23. The summed E-state index contributed by atoms with van der Waals surface area (Å²) in [5.74, 6) is -0.146. The van der Waals surface area contributed by atoms with Gasteiger partial charge in [0.1, 0.15) is 5.82 Å². The summed E-state index contributed by atoms with van der Waals surface area (Å²) in [7, 11) is 1.31. The van der Waals surface area contributed by atoms with E-state index in [1.54, 1.807) is 42.6 Å². The summed E-state index contributed by atoms with van der Waals surface area (Å²) >= 11 is 0. The Hall–Kier alpha value is -3.15. The minimum atomic E-state index is -0.495. The molecule has 28 heavy (non-hydrogen) atoms. The molecule has 0 saturated carbocycles. The molecule has 0 radical (unpaired) electrons. The molecule has 6 heteroatoms. The van der Waals surface area contributed by atoms with Crippen LogP contribution < -0.4 is 10.6 Å². The average molecular weight is 379 g/mol. The number of benzene rings is 1. The van der Waals surface area contributed by atoms with Crippen LogP contribution >= 0.6 is 0 Å². The van der Waals surface area contributed by atoms with E-state index >= 15 is 0 Å². The summed E-state index contributed by atoms with van der Waals surface area (Å²) in [6.45, 7) is 0.787. The molecule has 1 aromatic heterocycles. The molecule has 0 saturated heterocycles. The third-order valence-electron chi connectivity index (χ3n) is 4.74. The number of nitrogens with zero attached hydrogens (tertiary/aromatic N) is 1. The highest BCUT2D eigenvalue weighted by Crippen LogP contribution is 2.20. The molecule has 1 amide bonds. The van der Waals surface area contributed by atoms with Crippen LogP contribution in [0.15, 0.2) is 54.2 Å². The van der Waals surface area contributed by atoms with Gasteiger partial charge >= 0.3 is 5.97 Å². The van der Waals surface area contributed by atoms with E-state index in [0.29, 0.717) is 22.6 Å². The monoisotopic (exact) mass is 379 g/mol.